The second-order valence-electron chi connectivity index (χ2n) is 6.15. The van der Waals surface area contributed by atoms with Gasteiger partial charge in [-0.05, 0) is 64.2 Å². The molecule has 1 aromatic carbocycles. The predicted octanol–water partition coefficient (Wildman–Crippen LogP) is 4.10. The smallest absolute Gasteiger partial charge is 0.251 e. The molecule has 0 spiro atoms. The van der Waals surface area contributed by atoms with Gasteiger partial charge in [-0.15, -0.1) is 0 Å². The van der Waals surface area contributed by atoms with Crippen molar-refractivity contribution >= 4 is 5.91 Å². The molecular formula is C19H27NO3. The summed E-state index contributed by atoms with van der Waals surface area (Å²) in [4.78, 5) is 12.3. The number of ether oxygens (including phenoxy) is 2. The summed E-state index contributed by atoms with van der Waals surface area (Å²) in [6.07, 6.45) is 8.23. The maximum absolute atomic E-state index is 12.3. The molecule has 0 unspecified atom stereocenters. The molecular weight excluding hydrogens is 290 g/mol. The summed E-state index contributed by atoms with van der Waals surface area (Å²) in [6, 6.07) is 5.29. The number of carbonyl (C=O) groups is 1. The number of amides is 1. The molecule has 1 aromatic rings. The fraction of sp³-hybridized carbons (Fsp3) is 0.526. The van der Waals surface area contributed by atoms with Crippen LogP contribution in [0.25, 0.3) is 0 Å². The van der Waals surface area contributed by atoms with Crippen LogP contribution in [-0.4, -0.2) is 25.7 Å². The Kier molecular flexibility index (Phi) is 6.51. The van der Waals surface area contributed by atoms with Crippen molar-refractivity contribution in [3.63, 3.8) is 0 Å². The highest BCUT2D eigenvalue weighted by Gasteiger charge is 2.12. The van der Waals surface area contributed by atoms with Gasteiger partial charge in [-0.3, -0.25) is 4.79 Å². The van der Waals surface area contributed by atoms with Gasteiger partial charge in [-0.2, -0.15) is 0 Å². The SMILES string of the molecule is COc1cc(C(=O)NCCC2=CCCCC2)ccc1OC(C)C. The zero-order chi connectivity index (χ0) is 16.7. The van der Waals surface area contributed by atoms with Gasteiger partial charge in [-0.25, -0.2) is 0 Å². The Labute approximate surface area is 138 Å². The van der Waals surface area contributed by atoms with Crippen molar-refractivity contribution in [3.8, 4) is 11.5 Å². The second-order valence-corrected chi connectivity index (χ2v) is 6.15. The third-order valence-corrected chi connectivity index (χ3v) is 3.91. The van der Waals surface area contributed by atoms with E-state index in [4.69, 9.17) is 9.47 Å². The molecule has 0 radical (unpaired) electrons. The van der Waals surface area contributed by atoms with Crippen LogP contribution >= 0.6 is 0 Å². The maximum Gasteiger partial charge on any atom is 0.251 e. The Morgan fingerprint density at radius 3 is 2.74 bits per heavy atom. The molecule has 126 valence electrons. The monoisotopic (exact) mass is 317 g/mol. The zero-order valence-electron chi connectivity index (χ0n) is 14.4. The number of hydrogen-bond acceptors (Lipinski definition) is 3. The molecule has 0 aromatic heterocycles. The minimum Gasteiger partial charge on any atom is -0.493 e. The lowest BCUT2D eigenvalue weighted by Crippen LogP contribution is -2.25. The molecule has 23 heavy (non-hydrogen) atoms. The Morgan fingerprint density at radius 1 is 1.26 bits per heavy atom. The molecule has 0 aliphatic heterocycles. The molecule has 4 nitrogen and oxygen atoms in total. The summed E-state index contributed by atoms with van der Waals surface area (Å²) in [7, 11) is 1.58. The number of carbonyl (C=O) groups excluding carboxylic acids is 1. The van der Waals surface area contributed by atoms with Crippen LogP contribution in [0.1, 0.15) is 56.3 Å². The topological polar surface area (TPSA) is 47.6 Å². The third kappa shape index (κ3) is 5.31. The van der Waals surface area contributed by atoms with Crippen LogP contribution in [-0.2, 0) is 0 Å². The van der Waals surface area contributed by atoms with E-state index < -0.39 is 0 Å². The Hall–Kier alpha value is -1.97. The van der Waals surface area contributed by atoms with Crippen molar-refractivity contribution in [3.05, 3.63) is 35.4 Å². The third-order valence-electron chi connectivity index (χ3n) is 3.91. The summed E-state index contributed by atoms with van der Waals surface area (Å²) < 4.78 is 11.0. The first-order chi connectivity index (χ1) is 11.1. The highest BCUT2D eigenvalue weighted by Crippen LogP contribution is 2.29. The van der Waals surface area contributed by atoms with Crippen molar-refractivity contribution in [2.75, 3.05) is 13.7 Å². The van der Waals surface area contributed by atoms with Crippen LogP contribution in [0.3, 0.4) is 0 Å². The summed E-state index contributed by atoms with van der Waals surface area (Å²) in [5.74, 6) is 1.17. The summed E-state index contributed by atoms with van der Waals surface area (Å²) in [5.41, 5.74) is 2.06. The highest BCUT2D eigenvalue weighted by atomic mass is 16.5. The van der Waals surface area contributed by atoms with E-state index in [2.05, 4.69) is 11.4 Å². The van der Waals surface area contributed by atoms with Gasteiger partial charge in [0.05, 0.1) is 13.2 Å². The van der Waals surface area contributed by atoms with Gasteiger partial charge in [0.1, 0.15) is 0 Å². The van der Waals surface area contributed by atoms with Gasteiger partial charge in [0, 0.05) is 12.1 Å². The number of nitrogens with one attached hydrogen (secondary N) is 1. The van der Waals surface area contributed by atoms with Crippen LogP contribution in [0, 0.1) is 0 Å². The maximum atomic E-state index is 12.3. The number of allylic oxidation sites excluding steroid dienone is 1. The first kappa shape index (κ1) is 17.4. The van der Waals surface area contributed by atoms with Crippen molar-refractivity contribution in [1.82, 2.24) is 5.32 Å². The van der Waals surface area contributed by atoms with E-state index in [-0.39, 0.29) is 12.0 Å². The van der Waals surface area contributed by atoms with Gasteiger partial charge in [0.2, 0.25) is 0 Å². The summed E-state index contributed by atoms with van der Waals surface area (Å²) in [6.45, 7) is 4.59. The Balaban J connectivity index is 1.92. The van der Waals surface area contributed by atoms with Gasteiger partial charge in [0.25, 0.3) is 5.91 Å². The molecule has 1 N–H and O–H groups in total. The van der Waals surface area contributed by atoms with Crippen molar-refractivity contribution in [2.24, 2.45) is 0 Å². The van der Waals surface area contributed by atoms with E-state index in [0.717, 1.165) is 6.42 Å². The largest absolute Gasteiger partial charge is 0.493 e. The molecule has 2 rings (SSSR count). The molecule has 0 saturated carbocycles. The van der Waals surface area contributed by atoms with Crippen LogP contribution in [0.2, 0.25) is 0 Å². The Morgan fingerprint density at radius 2 is 2.09 bits per heavy atom. The molecule has 0 heterocycles. The van der Waals surface area contributed by atoms with Crippen LogP contribution < -0.4 is 14.8 Å². The number of methoxy groups -OCH3 is 1. The van der Waals surface area contributed by atoms with Gasteiger partial charge >= 0.3 is 0 Å². The molecule has 0 fully saturated rings. The fourth-order valence-electron chi connectivity index (χ4n) is 2.73. The standard InChI is InChI=1S/C19H27NO3/c1-14(2)23-17-10-9-16(13-18(17)22-3)19(21)20-12-11-15-7-5-4-6-8-15/h7,9-10,13-14H,4-6,8,11-12H2,1-3H3,(H,20,21). The quantitative estimate of drug-likeness (QED) is 0.770. The van der Waals surface area contributed by atoms with Gasteiger partial charge in [0.15, 0.2) is 11.5 Å². The molecule has 0 atom stereocenters. The lowest BCUT2D eigenvalue weighted by Gasteiger charge is -2.15. The van der Waals surface area contributed by atoms with Crippen LogP contribution in [0.5, 0.6) is 11.5 Å². The first-order valence-electron chi connectivity index (χ1n) is 8.41. The minimum atomic E-state index is -0.0733. The molecule has 0 saturated heterocycles. The van der Waals surface area contributed by atoms with Crippen molar-refractivity contribution in [2.45, 2.75) is 52.1 Å². The summed E-state index contributed by atoms with van der Waals surface area (Å²) >= 11 is 0. The molecule has 4 heteroatoms. The lowest BCUT2D eigenvalue weighted by atomic mass is 9.97. The van der Waals surface area contributed by atoms with E-state index >= 15 is 0 Å². The number of benzene rings is 1. The van der Waals surface area contributed by atoms with E-state index in [1.54, 1.807) is 25.3 Å². The first-order valence-corrected chi connectivity index (χ1v) is 8.41. The average molecular weight is 317 g/mol. The molecule has 1 aliphatic rings. The Bertz CT molecular complexity index is 564. The fourth-order valence-corrected chi connectivity index (χ4v) is 2.73. The zero-order valence-corrected chi connectivity index (χ0v) is 14.4. The molecule has 1 aliphatic carbocycles. The highest BCUT2D eigenvalue weighted by molar-refractivity contribution is 5.94. The van der Waals surface area contributed by atoms with Gasteiger partial charge in [-0.1, -0.05) is 11.6 Å². The van der Waals surface area contributed by atoms with E-state index in [1.165, 1.54) is 31.3 Å². The normalized spacial score (nSPS) is 14.3. The van der Waals surface area contributed by atoms with Crippen LogP contribution in [0.4, 0.5) is 0 Å². The van der Waals surface area contributed by atoms with E-state index in [1.807, 2.05) is 13.8 Å². The minimum absolute atomic E-state index is 0.0624. The molecule has 1 amide bonds. The van der Waals surface area contributed by atoms with Crippen molar-refractivity contribution < 1.29 is 14.3 Å². The average Bonchev–Trinajstić information content (AvgIpc) is 2.55. The second kappa shape index (κ2) is 8.61. The van der Waals surface area contributed by atoms with E-state index in [0.29, 0.717) is 23.6 Å². The van der Waals surface area contributed by atoms with Crippen LogP contribution in [0.15, 0.2) is 29.8 Å². The number of hydrogen-bond donors (Lipinski definition) is 1. The van der Waals surface area contributed by atoms with Crippen molar-refractivity contribution in [1.29, 1.82) is 0 Å². The van der Waals surface area contributed by atoms with E-state index in [9.17, 15) is 4.79 Å². The predicted molar refractivity (Wildman–Crippen MR) is 92.3 cm³/mol. The van der Waals surface area contributed by atoms with Gasteiger partial charge < -0.3 is 14.8 Å². The molecule has 0 bridgehead atoms. The summed E-state index contributed by atoms with van der Waals surface area (Å²) in [5, 5.41) is 2.98. The lowest BCUT2D eigenvalue weighted by molar-refractivity contribution is 0.0953. The number of rotatable bonds is 7.